The molecule has 1 saturated heterocycles. The fraction of sp³-hybridized carbons (Fsp3) is 0.250. The van der Waals surface area contributed by atoms with Crippen molar-refractivity contribution in [1.29, 1.82) is 0 Å². The summed E-state index contributed by atoms with van der Waals surface area (Å²) in [6, 6.07) is 12.7. The second-order valence-corrected chi connectivity index (χ2v) is 7.64. The molecule has 0 N–H and O–H groups in total. The van der Waals surface area contributed by atoms with Gasteiger partial charge in [0.15, 0.2) is 0 Å². The predicted octanol–water partition coefficient (Wildman–Crippen LogP) is 3.84. The van der Waals surface area contributed by atoms with Crippen molar-refractivity contribution in [2.24, 2.45) is 11.8 Å². The van der Waals surface area contributed by atoms with E-state index in [4.69, 9.17) is 0 Å². The molecule has 4 rings (SSSR count). The Morgan fingerprint density at radius 1 is 0.846 bits per heavy atom. The van der Waals surface area contributed by atoms with Gasteiger partial charge in [-0.05, 0) is 42.0 Å². The second-order valence-electron chi connectivity index (χ2n) is 6.73. The molecule has 4 nitrogen and oxygen atoms in total. The van der Waals surface area contributed by atoms with Gasteiger partial charge in [-0.15, -0.1) is 0 Å². The fourth-order valence-electron chi connectivity index (χ4n) is 4.00. The van der Waals surface area contributed by atoms with Crippen molar-refractivity contribution in [1.82, 2.24) is 0 Å². The minimum Gasteiger partial charge on any atom is -0.300 e. The molecule has 132 valence electrons. The van der Waals surface area contributed by atoms with E-state index in [-0.39, 0.29) is 36.3 Å². The summed E-state index contributed by atoms with van der Waals surface area (Å²) < 4.78 is 14.1. The first-order valence-electron chi connectivity index (χ1n) is 8.36. The maximum atomic E-state index is 13.3. The van der Waals surface area contributed by atoms with Crippen LogP contribution in [-0.4, -0.2) is 17.6 Å². The van der Waals surface area contributed by atoms with Crippen molar-refractivity contribution in [2.45, 2.75) is 18.8 Å². The number of carbonyl (C=O) groups excluding carboxylic acids is 3. The van der Waals surface area contributed by atoms with E-state index in [2.05, 4.69) is 15.9 Å². The lowest BCUT2D eigenvalue weighted by molar-refractivity contribution is -0.130. The standard InChI is InChI=1S/C20H15BrFNO3/c21-12-3-7-14(8-4-12)23-19(25)17-10-15(24)9-16(18(17)20(23)26)11-1-5-13(22)6-2-11/h1-8,16-18H,9-10H2/t16?,17-,18+/m0/s1. The number of halogens is 2. The number of hydrogen-bond donors (Lipinski definition) is 0. The molecule has 26 heavy (non-hydrogen) atoms. The Kier molecular flexibility index (Phi) is 4.23. The Bertz CT molecular complexity index is 894. The molecule has 1 saturated carbocycles. The Balaban J connectivity index is 1.74. The zero-order valence-corrected chi connectivity index (χ0v) is 15.3. The van der Waals surface area contributed by atoms with Gasteiger partial charge in [-0.3, -0.25) is 19.3 Å². The Labute approximate surface area is 158 Å². The highest BCUT2D eigenvalue weighted by Crippen LogP contribution is 2.46. The minimum atomic E-state index is -0.651. The van der Waals surface area contributed by atoms with Crippen molar-refractivity contribution in [2.75, 3.05) is 4.90 Å². The number of Topliss-reactive ketones (excluding diaryl/α,β-unsaturated/α-hetero) is 1. The van der Waals surface area contributed by atoms with Crippen molar-refractivity contribution < 1.29 is 18.8 Å². The predicted molar refractivity (Wildman–Crippen MR) is 97.0 cm³/mol. The second kappa shape index (κ2) is 6.43. The van der Waals surface area contributed by atoms with E-state index >= 15 is 0 Å². The van der Waals surface area contributed by atoms with E-state index in [1.807, 2.05) is 0 Å². The molecule has 0 bridgehead atoms. The third-order valence-corrected chi connectivity index (χ3v) is 5.72. The summed E-state index contributed by atoms with van der Waals surface area (Å²) in [4.78, 5) is 39.4. The maximum Gasteiger partial charge on any atom is 0.238 e. The van der Waals surface area contributed by atoms with Crippen LogP contribution in [0.4, 0.5) is 10.1 Å². The van der Waals surface area contributed by atoms with Gasteiger partial charge in [-0.1, -0.05) is 28.1 Å². The average Bonchev–Trinajstić information content (AvgIpc) is 2.87. The van der Waals surface area contributed by atoms with Gasteiger partial charge in [0.05, 0.1) is 17.5 Å². The van der Waals surface area contributed by atoms with E-state index in [1.54, 1.807) is 36.4 Å². The topological polar surface area (TPSA) is 54.5 Å². The SMILES string of the molecule is O=C1CC(c2ccc(F)cc2)[C@H]2C(=O)N(c3ccc(Br)cc3)C(=O)[C@H]2C1. The number of anilines is 1. The number of hydrogen-bond acceptors (Lipinski definition) is 3. The summed E-state index contributed by atoms with van der Waals surface area (Å²) in [5.41, 5.74) is 1.22. The number of benzene rings is 2. The van der Waals surface area contributed by atoms with Crippen LogP contribution in [0.1, 0.15) is 24.3 Å². The van der Waals surface area contributed by atoms with Gasteiger partial charge >= 0.3 is 0 Å². The number of ketones is 1. The monoisotopic (exact) mass is 415 g/mol. The third-order valence-electron chi connectivity index (χ3n) is 5.19. The molecule has 2 aromatic rings. The van der Waals surface area contributed by atoms with Crippen LogP contribution < -0.4 is 4.90 Å². The average molecular weight is 416 g/mol. The van der Waals surface area contributed by atoms with E-state index < -0.39 is 17.8 Å². The largest absolute Gasteiger partial charge is 0.300 e. The number of fused-ring (bicyclic) bond motifs is 1. The molecular formula is C20H15BrFNO3. The molecule has 0 spiro atoms. The maximum absolute atomic E-state index is 13.3. The van der Waals surface area contributed by atoms with Crippen molar-refractivity contribution in [3.05, 3.63) is 64.4 Å². The van der Waals surface area contributed by atoms with Crippen LogP contribution in [0.5, 0.6) is 0 Å². The molecule has 1 aliphatic carbocycles. The molecule has 6 heteroatoms. The van der Waals surface area contributed by atoms with Gasteiger partial charge in [0.25, 0.3) is 0 Å². The summed E-state index contributed by atoms with van der Waals surface area (Å²) in [6.45, 7) is 0. The van der Waals surface area contributed by atoms with Crippen LogP contribution in [0.25, 0.3) is 0 Å². The molecule has 1 unspecified atom stereocenters. The number of amides is 2. The molecule has 0 radical (unpaired) electrons. The van der Waals surface area contributed by atoms with Crippen LogP contribution in [0.3, 0.4) is 0 Å². The van der Waals surface area contributed by atoms with Crippen LogP contribution >= 0.6 is 15.9 Å². The number of carbonyl (C=O) groups is 3. The van der Waals surface area contributed by atoms with Gasteiger partial charge in [0, 0.05) is 23.2 Å². The van der Waals surface area contributed by atoms with Gasteiger partial charge in [0.1, 0.15) is 11.6 Å². The van der Waals surface area contributed by atoms with E-state index in [9.17, 15) is 18.8 Å². The molecule has 1 aliphatic heterocycles. The van der Waals surface area contributed by atoms with Crippen molar-refractivity contribution in [3.63, 3.8) is 0 Å². The highest BCUT2D eigenvalue weighted by atomic mass is 79.9. The number of nitrogens with zero attached hydrogens (tertiary/aromatic N) is 1. The first kappa shape index (κ1) is 17.1. The molecule has 1 heterocycles. The molecule has 2 aromatic carbocycles. The lowest BCUT2D eigenvalue weighted by Gasteiger charge is -2.29. The normalized spacial score (nSPS) is 25.5. The molecular weight excluding hydrogens is 401 g/mol. The van der Waals surface area contributed by atoms with Crippen molar-refractivity contribution >= 4 is 39.2 Å². The Morgan fingerprint density at radius 2 is 1.46 bits per heavy atom. The summed E-state index contributed by atoms with van der Waals surface area (Å²) in [5.74, 6) is -2.68. The third kappa shape index (κ3) is 2.78. The molecule has 2 fully saturated rings. The fourth-order valence-corrected chi connectivity index (χ4v) is 4.26. The van der Waals surface area contributed by atoms with Gasteiger partial charge in [0.2, 0.25) is 11.8 Å². The zero-order valence-electron chi connectivity index (χ0n) is 13.7. The minimum absolute atomic E-state index is 0.0422. The van der Waals surface area contributed by atoms with Crippen LogP contribution in [-0.2, 0) is 14.4 Å². The highest BCUT2D eigenvalue weighted by Gasteiger charge is 2.54. The lowest BCUT2D eigenvalue weighted by atomic mass is 9.70. The molecule has 2 amide bonds. The number of rotatable bonds is 2. The summed E-state index contributed by atoms with van der Waals surface area (Å²) in [6.07, 6.45) is 0.278. The highest BCUT2D eigenvalue weighted by molar-refractivity contribution is 9.10. The van der Waals surface area contributed by atoms with Gasteiger partial charge in [-0.2, -0.15) is 0 Å². The lowest BCUT2D eigenvalue weighted by Crippen LogP contribution is -2.34. The van der Waals surface area contributed by atoms with E-state index in [0.717, 1.165) is 4.47 Å². The molecule has 2 aliphatic rings. The van der Waals surface area contributed by atoms with Crippen LogP contribution in [0.15, 0.2) is 53.0 Å². The van der Waals surface area contributed by atoms with Gasteiger partial charge < -0.3 is 0 Å². The van der Waals surface area contributed by atoms with E-state index in [0.29, 0.717) is 11.3 Å². The quantitative estimate of drug-likeness (QED) is 0.700. The molecule has 3 atom stereocenters. The first-order chi connectivity index (χ1) is 12.5. The first-order valence-corrected chi connectivity index (χ1v) is 9.15. The Morgan fingerprint density at radius 3 is 2.12 bits per heavy atom. The summed E-state index contributed by atoms with van der Waals surface area (Å²) >= 11 is 3.34. The molecule has 0 aromatic heterocycles. The van der Waals surface area contributed by atoms with E-state index in [1.165, 1.54) is 17.0 Å². The number of imide groups is 1. The van der Waals surface area contributed by atoms with Crippen LogP contribution in [0, 0.1) is 17.7 Å². The van der Waals surface area contributed by atoms with Crippen molar-refractivity contribution in [3.8, 4) is 0 Å². The zero-order chi connectivity index (χ0) is 18.4. The van der Waals surface area contributed by atoms with Gasteiger partial charge in [-0.25, -0.2) is 4.39 Å². The van der Waals surface area contributed by atoms with Crippen LogP contribution in [0.2, 0.25) is 0 Å². The Hall–Kier alpha value is -2.34. The summed E-state index contributed by atoms with van der Waals surface area (Å²) in [7, 11) is 0. The smallest absolute Gasteiger partial charge is 0.238 e. The summed E-state index contributed by atoms with van der Waals surface area (Å²) in [5, 5.41) is 0.